The van der Waals surface area contributed by atoms with Gasteiger partial charge in [0.2, 0.25) is 0 Å². The summed E-state index contributed by atoms with van der Waals surface area (Å²) in [5.41, 5.74) is 2.04. The van der Waals surface area contributed by atoms with E-state index in [2.05, 4.69) is 15.3 Å². The molecule has 1 atom stereocenters. The number of phenols is 1. The van der Waals surface area contributed by atoms with E-state index in [1.807, 2.05) is 24.3 Å². The molecule has 0 aliphatic heterocycles. The summed E-state index contributed by atoms with van der Waals surface area (Å²) in [6.07, 6.45) is 3.85. The monoisotopic (exact) mass is 357 g/mol. The molecule has 128 valence electrons. The van der Waals surface area contributed by atoms with E-state index in [-0.39, 0.29) is 17.4 Å². The fourth-order valence-corrected chi connectivity index (χ4v) is 2.70. The molecule has 7 heteroatoms. The first-order valence-electron chi connectivity index (χ1n) is 7.59. The van der Waals surface area contributed by atoms with Crippen molar-refractivity contribution in [2.24, 2.45) is 0 Å². The highest BCUT2D eigenvalue weighted by Crippen LogP contribution is 2.31. The number of aromatic hydroxyl groups is 1. The molecule has 0 aliphatic carbocycles. The number of benzene rings is 2. The molecule has 0 radical (unpaired) electrons. The molecule has 4 N–H and O–H groups in total. The molecule has 1 aromatic heterocycles. The smallest absolute Gasteiger partial charge is 0.339 e. The highest BCUT2D eigenvalue weighted by Gasteiger charge is 2.18. The number of aromatic amines is 1. The number of rotatable bonds is 6. The Kier molecular flexibility index (Phi) is 4.90. The first-order valence-corrected chi connectivity index (χ1v) is 7.97. The van der Waals surface area contributed by atoms with Crippen LogP contribution in [0.2, 0.25) is 5.02 Å². The standard InChI is InChI=1S/C18H16ClN3O3/c19-12-6-4-11(5-7-12)8-15(16-9-20-10-21-16)22-14-3-1-2-13(17(14)23)18(24)25/h1-7,9-10,15,22-23H,8H2,(H,20,21)(H,24,25). The van der Waals surface area contributed by atoms with Gasteiger partial charge in [0.25, 0.3) is 0 Å². The number of H-pyrrole nitrogens is 1. The van der Waals surface area contributed by atoms with Crippen molar-refractivity contribution in [3.8, 4) is 5.75 Å². The van der Waals surface area contributed by atoms with Gasteiger partial charge in [0.15, 0.2) is 5.75 Å². The number of carbonyl (C=O) groups is 1. The first kappa shape index (κ1) is 16.9. The van der Waals surface area contributed by atoms with Gasteiger partial charge in [-0.15, -0.1) is 0 Å². The van der Waals surface area contributed by atoms with Crippen molar-refractivity contribution in [3.63, 3.8) is 0 Å². The number of carboxylic acids is 1. The van der Waals surface area contributed by atoms with Crippen LogP contribution >= 0.6 is 11.6 Å². The fourth-order valence-electron chi connectivity index (χ4n) is 2.57. The van der Waals surface area contributed by atoms with Gasteiger partial charge in [0.05, 0.1) is 29.9 Å². The minimum atomic E-state index is -1.18. The molecule has 0 amide bonds. The van der Waals surface area contributed by atoms with Crippen LogP contribution in [0.4, 0.5) is 5.69 Å². The topological polar surface area (TPSA) is 98.2 Å². The maximum absolute atomic E-state index is 11.2. The molecule has 2 aromatic carbocycles. The van der Waals surface area contributed by atoms with Crippen LogP contribution in [-0.4, -0.2) is 26.2 Å². The number of imidazole rings is 1. The number of nitrogens with zero attached hydrogens (tertiary/aromatic N) is 1. The molecule has 0 spiro atoms. The van der Waals surface area contributed by atoms with Gasteiger partial charge in [-0.3, -0.25) is 0 Å². The molecule has 0 saturated carbocycles. The Bertz CT molecular complexity index is 864. The van der Waals surface area contributed by atoms with Crippen molar-refractivity contribution in [3.05, 3.63) is 76.8 Å². The molecule has 0 saturated heterocycles. The van der Waals surface area contributed by atoms with Gasteiger partial charge < -0.3 is 20.5 Å². The molecule has 1 heterocycles. The number of aromatic nitrogens is 2. The number of nitrogens with one attached hydrogen (secondary N) is 2. The van der Waals surface area contributed by atoms with Crippen LogP contribution < -0.4 is 5.32 Å². The largest absolute Gasteiger partial charge is 0.505 e. The Morgan fingerprint density at radius 1 is 1.24 bits per heavy atom. The summed E-state index contributed by atoms with van der Waals surface area (Å²) in [5.74, 6) is -1.48. The van der Waals surface area contributed by atoms with Gasteiger partial charge in [-0.2, -0.15) is 0 Å². The van der Waals surface area contributed by atoms with Gasteiger partial charge in [0, 0.05) is 5.02 Å². The second-order valence-corrected chi connectivity index (χ2v) is 5.98. The zero-order chi connectivity index (χ0) is 17.8. The van der Waals surface area contributed by atoms with Gasteiger partial charge in [-0.1, -0.05) is 29.8 Å². The lowest BCUT2D eigenvalue weighted by Gasteiger charge is -2.20. The van der Waals surface area contributed by atoms with Crippen LogP contribution in [0.1, 0.15) is 27.7 Å². The number of halogens is 1. The van der Waals surface area contributed by atoms with Gasteiger partial charge in [-0.05, 0) is 36.2 Å². The van der Waals surface area contributed by atoms with Crippen LogP contribution in [0.25, 0.3) is 0 Å². The molecule has 0 bridgehead atoms. The summed E-state index contributed by atoms with van der Waals surface area (Å²) < 4.78 is 0. The second-order valence-electron chi connectivity index (χ2n) is 5.54. The Labute approximate surface area is 149 Å². The van der Waals surface area contributed by atoms with E-state index >= 15 is 0 Å². The average molecular weight is 358 g/mol. The third kappa shape index (κ3) is 3.92. The van der Waals surface area contributed by atoms with Crippen LogP contribution in [-0.2, 0) is 6.42 Å². The summed E-state index contributed by atoms with van der Waals surface area (Å²) in [5, 5.41) is 23.2. The lowest BCUT2D eigenvalue weighted by Crippen LogP contribution is -2.15. The molecule has 1 unspecified atom stereocenters. The van der Waals surface area contributed by atoms with E-state index in [4.69, 9.17) is 16.7 Å². The predicted octanol–water partition coefficient (Wildman–Crippen LogP) is 3.86. The number of aromatic carboxylic acids is 1. The Hall–Kier alpha value is -2.99. The van der Waals surface area contributed by atoms with E-state index in [1.165, 1.54) is 6.07 Å². The van der Waals surface area contributed by atoms with Crippen molar-refractivity contribution in [2.75, 3.05) is 5.32 Å². The number of hydrogen-bond acceptors (Lipinski definition) is 4. The van der Waals surface area contributed by atoms with Crippen molar-refractivity contribution >= 4 is 23.3 Å². The first-order chi connectivity index (χ1) is 12.0. The van der Waals surface area contributed by atoms with E-state index in [9.17, 15) is 9.90 Å². The Morgan fingerprint density at radius 3 is 2.64 bits per heavy atom. The van der Waals surface area contributed by atoms with Crippen molar-refractivity contribution in [2.45, 2.75) is 12.5 Å². The third-order valence-electron chi connectivity index (χ3n) is 3.84. The summed E-state index contributed by atoms with van der Waals surface area (Å²) in [4.78, 5) is 18.3. The van der Waals surface area contributed by atoms with E-state index in [0.717, 1.165) is 11.3 Å². The van der Waals surface area contributed by atoms with E-state index in [1.54, 1.807) is 24.7 Å². The van der Waals surface area contributed by atoms with Crippen molar-refractivity contribution < 1.29 is 15.0 Å². The van der Waals surface area contributed by atoms with Crippen LogP contribution in [0.15, 0.2) is 55.0 Å². The van der Waals surface area contributed by atoms with Gasteiger partial charge in [-0.25, -0.2) is 9.78 Å². The number of hydrogen-bond donors (Lipinski definition) is 4. The average Bonchev–Trinajstić information content (AvgIpc) is 3.12. The molecule has 3 rings (SSSR count). The molecule has 6 nitrogen and oxygen atoms in total. The van der Waals surface area contributed by atoms with Crippen LogP contribution in [0.5, 0.6) is 5.75 Å². The summed E-state index contributed by atoms with van der Waals surface area (Å²) in [7, 11) is 0. The molecular formula is C18H16ClN3O3. The molecule has 25 heavy (non-hydrogen) atoms. The zero-order valence-electron chi connectivity index (χ0n) is 13.1. The minimum Gasteiger partial charge on any atom is -0.505 e. The maximum Gasteiger partial charge on any atom is 0.339 e. The molecule has 3 aromatic rings. The van der Waals surface area contributed by atoms with Crippen molar-refractivity contribution in [1.82, 2.24) is 9.97 Å². The fraction of sp³-hybridized carbons (Fsp3) is 0.111. The minimum absolute atomic E-state index is 0.153. The quantitative estimate of drug-likeness (QED) is 0.502. The predicted molar refractivity (Wildman–Crippen MR) is 95.2 cm³/mol. The van der Waals surface area contributed by atoms with E-state index in [0.29, 0.717) is 17.1 Å². The third-order valence-corrected chi connectivity index (χ3v) is 4.10. The highest BCUT2D eigenvalue weighted by molar-refractivity contribution is 6.30. The molecule has 0 aliphatic rings. The second kappa shape index (κ2) is 7.27. The summed E-state index contributed by atoms with van der Waals surface area (Å²) in [6.45, 7) is 0. The summed E-state index contributed by atoms with van der Waals surface area (Å²) in [6, 6.07) is 11.8. The van der Waals surface area contributed by atoms with Crippen molar-refractivity contribution in [1.29, 1.82) is 0 Å². The molecular weight excluding hydrogens is 342 g/mol. The van der Waals surface area contributed by atoms with Gasteiger partial charge >= 0.3 is 5.97 Å². The zero-order valence-corrected chi connectivity index (χ0v) is 13.9. The van der Waals surface area contributed by atoms with E-state index < -0.39 is 5.97 Å². The molecule has 0 fully saturated rings. The SMILES string of the molecule is O=C(O)c1cccc(NC(Cc2ccc(Cl)cc2)c2cnc[nH]2)c1O. The highest BCUT2D eigenvalue weighted by atomic mass is 35.5. The normalized spacial score (nSPS) is 11.9. The number of para-hydroxylation sites is 1. The summed E-state index contributed by atoms with van der Waals surface area (Å²) >= 11 is 5.92. The maximum atomic E-state index is 11.2. The number of anilines is 1. The van der Waals surface area contributed by atoms with Crippen LogP contribution in [0, 0.1) is 0 Å². The Balaban J connectivity index is 1.90. The Morgan fingerprint density at radius 2 is 2.00 bits per heavy atom. The van der Waals surface area contributed by atoms with Gasteiger partial charge in [0.1, 0.15) is 5.56 Å². The lowest BCUT2D eigenvalue weighted by atomic mass is 10.0. The lowest BCUT2D eigenvalue weighted by molar-refractivity contribution is 0.0694. The number of carboxylic acid groups (broad SMARTS) is 1. The van der Waals surface area contributed by atoms with Crippen LogP contribution in [0.3, 0.4) is 0 Å².